The predicted octanol–water partition coefficient (Wildman–Crippen LogP) is 4.71. The van der Waals surface area contributed by atoms with Crippen LogP contribution in [0.1, 0.15) is 42.9 Å². The highest BCUT2D eigenvalue weighted by atomic mass is 32.1. The Morgan fingerprint density at radius 1 is 1.15 bits per heavy atom. The molecule has 1 unspecified atom stereocenters. The molecule has 2 N–H and O–H groups in total. The number of anilines is 1. The highest BCUT2D eigenvalue weighted by molar-refractivity contribution is 7.80. The number of aryl methyl sites for hydroxylation is 2. The van der Waals surface area contributed by atoms with Crippen molar-refractivity contribution in [1.82, 2.24) is 5.32 Å². The van der Waals surface area contributed by atoms with Crippen molar-refractivity contribution in [2.75, 3.05) is 11.9 Å². The number of benzene rings is 2. The summed E-state index contributed by atoms with van der Waals surface area (Å²) in [5, 5.41) is 6.06. The molecule has 4 nitrogen and oxygen atoms in total. The van der Waals surface area contributed by atoms with E-state index in [0.29, 0.717) is 11.7 Å². The van der Waals surface area contributed by atoms with Crippen molar-refractivity contribution >= 4 is 28.9 Å². The van der Waals surface area contributed by atoms with Crippen molar-refractivity contribution in [3.63, 3.8) is 0 Å². The largest absolute Gasteiger partial charge is 0.484 e. The van der Waals surface area contributed by atoms with Gasteiger partial charge in [-0.2, -0.15) is 0 Å². The summed E-state index contributed by atoms with van der Waals surface area (Å²) in [7, 11) is 0. The number of hydrogen-bond acceptors (Lipinski definition) is 3. The number of amides is 1. The Balaban J connectivity index is 1.90. The number of carbonyl (C=O) groups is 1. The third kappa shape index (κ3) is 5.85. The molecule has 0 saturated heterocycles. The Morgan fingerprint density at radius 2 is 1.81 bits per heavy atom. The average molecular weight is 371 g/mol. The molecule has 0 aliphatic heterocycles. The zero-order valence-corrected chi connectivity index (χ0v) is 16.6. The van der Waals surface area contributed by atoms with Gasteiger partial charge in [0, 0.05) is 5.69 Å². The fourth-order valence-electron chi connectivity index (χ4n) is 2.74. The summed E-state index contributed by atoms with van der Waals surface area (Å²) >= 11 is 5.27. The minimum absolute atomic E-state index is 0.0856. The molecule has 5 heteroatoms. The van der Waals surface area contributed by atoms with Crippen molar-refractivity contribution in [3.05, 3.63) is 59.2 Å². The minimum Gasteiger partial charge on any atom is -0.484 e. The first-order valence-electron chi connectivity index (χ1n) is 8.80. The first-order valence-corrected chi connectivity index (χ1v) is 9.20. The van der Waals surface area contributed by atoms with Crippen molar-refractivity contribution in [2.45, 2.75) is 40.0 Å². The van der Waals surface area contributed by atoms with Gasteiger partial charge in [0.2, 0.25) is 0 Å². The molecular weight excluding hydrogens is 344 g/mol. The number of carbonyl (C=O) groups excluding carboxylic acids is 1. The smallest absolute Gasteiger partial charge is 0.264 e. The molecule has 0 fully saturated rings. The van der Waals surface area contributed by atoms with Crippen LogP contribution in [0.3, 0.4) is 0 Å². The van der Waals surface area contributed by atoms with Crippen LogP contribution in [0.4, 0.5) is 5.69 Å². The maximum Gasteiger partial charge on any atom is 0.264 e. The Bertz CT molecular complexity index is 769. The molecule has 2 aromatic carbocycles. The Morgan fingerprint density at radius 3 is 2.46 bits per heavy atom. The zero-order chi connectivity index (χ0) is 19.1. The van der Waals surface area contributed by atoms with Gasteiger partial charge < -0.3 is 10.1 Å². The first-order chi connectivity index (χ1) is 12.4. The van der Waals surface area contributed by atoms with E-state index in [1.807, 2.05) is 44.2 Å². The summed E-state index contributed by atoms with van der Waals surface area (Å²) in [4.78, 5) is 12.1. The molecule has 0 heterocycles. The van der Waals surface area contributed by atoms with Crippen molar-refractivity contribution in [3.8, 4) is 5.75 Å². The molecule has 0 bridgehead atoms. The van der Waals surface area contributed by atoms with Crippen LogP contribution in [-0.4, -0.2) is 17.6 Å². The number of thiocarbonyl (C=S) groups is 1. The maximum absolute atomic E-state index is 12.1. The molecule has 2 rings (SSSR count). The highest BCUT2D eigenvalue weighted by Crippen LogP contribution is 2.26. The number of ether oxygens (including phenoxy) is 1. The van der Waals surface area contributed by atoms with Crippen LogP contribution >= 0.6 is 12.2 Å². The third-order valence-corrected chi connectivity index (χ3v) is 4.37. The lowest BCUT2D eigenvalue weighted by Crippen LogP contribution is -2.37. The molecule has 2 aromatic rings. The van der Waals surface area contributed by atoms with Gasteiger partial charge in [0.15, 0.2) is 11.7 Å². The lowest BCUT2D eigenvalue weighted by atomic mass is 9.97. The quantitative estimate of drug-likeness (QED) is 0.723. The molecule has 0 spiro atoms. The van der Waals surface area contributed by atoms with Crippen LogP contribution in [0.25, 0.3) is 0 Å². The molecule has 0 radical (unpaired) electrons. The molecule has 0 aliphatic rings. The molecule has 1 atom stereocenters. The number of rotatable bonds is 6. The van der Waals surface area contributed by atoms with Crippen LogP contribution in [0.15, 0.2) is 42.5 Å². The number of hydrogen-bond donors (Lipinski definition) is 2. The topological polar surface area (TPSA) is 50.4 Å². The normalized spacial score (nSPS) is 11.5. The van der Waals surface area contributed by atoms with Gasteiger partial charge in [0.1, 0.15) is 5.75 Å². The van der Waals surface area contributed by atoms with Crippen LogP contribution < -0.4 is 15.4 Å². The lowest BCUT2D eigenvalue weighted by molar-refractivity contribution is -0.121. The van der Waals surface area contributed by atoms with Gasteiger partial charge >= 0.3 is 0 Å². The molecule has 0 aliphatic carbocycles. The molecule has 1 amide bonds. The molecule has 0 saturated carbocycles. The molecular formula is C21H26N2O2S. The summed E-state index contributed by atoms with van der Waals surface area (Å²) in [6.45, 7) is 8.21. The van der Waals surface area contributed by atoms with E-state index in [9.17, 15) is 4.79 Å². The summed E-state index contributed by atoms with van der Waals surface area (Å²) in [6.07, 6.45) is 1.03. The van der Waals surface area contributed by atoms with Crippen molar-refractivity contribution in [1.29, 1.82) is 0 Å². The van der Waals surface area contributed by atoms with E-state index in [-0.39, 0.29) is 17.6 Å². The van der Waals surface area contributed by atoms with E-state index in [4.69, 9.17) is 17.0 Å². The fraction of sp³-hybridized carbons (Fsp3) is 0.333. The van der Waals surface area contributed by atoms with Gasteiger partial charge in [-0.25, -0.2) is 0 Å². The molecule has 0 aromatic heterocycles. The summed E-state index contributed by atoms with van der Waals surface area (Å²) in [5.74, 6) is 0.798. The van der Waals surface area contributed by atoms with E-state index in [1.54, 1.807) is 0 Å². The first kappa shape index (κ1) is 19.9. The van der Waals surface area contributed by atoms with Gasteiger partial charge in [-0.3, -0.25) is 10.1 Å². The van der Waals surface area contributed by atoms with E-state index < -0.39 is 0 Å². The van der Waals surface area contributed by atoms with Gasteiger partial charge in [0.05, 0.1) is 0 Å². The number of para-hydroxylation sites is 1. The average Bonchev–Trinajstić information content (AvgIpc) is 2.59. The lowest BCUT2D eigenvalue weighted by Gasteiger charge is -2.17. The second-order valence-corrected chi connectivity index (χ2v) is 6.92. The standard InChI is InChI=1S/C21H26N2O2S/c1-5-16(4)18-8-6-7-9-19(18)22-21(26)23-20(24)13-25-17-11-14(2)10-15(3)12-17/h6-12,16H,5,13H2,1-4H3,(H2,22,23,24,26). The summed E-state index contributed by atoms with van der Waals surface area (Å²) in [5.41, 5.74) is 4.29. The summed E-state index contributed by atoms with van der Waals surface area (Å²) < 4.78 is 5.56. The van der Waals surface area contributed by atoms with Gasteiger partial charge in [-0.05, 0) is 73.3 Å². The molecule has 138 valence electrons. The predicted molar refractivity (Wildman–Crippen MR) is 111 cm³/mol. The number of nitrogens with one attached hydrogen (secondary N) is 2. The van der Waals surface area contributed by atoms with Crippen molar-refractivity contribution in [2.24, 2.45) is 0 Å². The molecule has 26 heavy (non-hydrogen) atoms. The van der Waals surface area contributed by atoms with E-state index in [1.165, 1.54) is 5.56 Å². The van der Waals surface area contributed by atoms with Gasteiger partial charge in [0.25, 0.3) is 5.91 Å². The Labute approximate surface area is 161 Å². The van der Waals surface area contributed by atoms with Gasteiger partial charge in [-0.15, -0.1) is 0 Å². The third-order valence-electron chi connectivity index (χ3n) is 4.17. The van der Waals surface area contributed by atoms with Crippen LogP contribution in [0.5, 0.6) is 5.75 Å². The van der Waals surface area contributed by atoms with Crippen LogP contribution in [-0.2, 0) is 4.79 Å². The highest BCUT2D eigenvalue weighted by Gasteiger charge is 2.11. The SMILES string of the molecule is CCC(C)c1ccccc1NC(=S)NC(=O)COc1cc(C)cc(C)c1. The Hall–Kier alpha value is -2.40. The van der Waals surface area contributed by atoms with Crippen LogP contribution in [0, 0.1) is 13.8 Å². The van der Waals surface area contributed by atoms with Crippen molar-refractivity contribution < 1.29 is 9.53 Å². The van der Waals surface area contributed by atoms with E-state index in [2.05, 4.69) is 36.6 Å². The fourth-order valence-corrected chi connectivity index (χ4v) is 2.97. The maximum atomic E-state index is 12.1. The van der Waals surface area contributed by atoms with Crippen LogP contribution in [0.2, 0.25) is 0 Å². The van der Waals surface area contributed by atoms with E-state index >= 15 is 0 Å². The van der Waals surface area contributed by atoms with E-state index in [0.717, 1.165) is 23.2 Å². The monoisotopic (exact) mass is 370 g/mol. The Kier molecular flexibility index (Phi) is 7.16. The second kappa shape index (κ2) is 9.34. The summed E-state index contributed by atoms with van der Waals surface area (Å²) in [6, 6.07) is 13.9. The second-order valence-electron chi connectivity index (χ2n) is 6.51. The zero-order valence-electron chi connectivity index (χ0n) is 15.8. The van der Waals surface area contributed by atoms with Gasteiger partial charge in [-0.1, -0.05) is 38.1 Å². The minimum atomic E-state index is -0.289.